The van der Waals surface area contributed by atoms with E-state index in [0.717, 1.165) is 12.1 Å². The zero-order valence-electron chi connectivity index (χ0n) is 9.88. The predicted octanol–water partition coefficient (Wildman–Crippen LogP) is 3.07. The maximum Gasteiger partial charge on any atom is 0.305 e. The zero-order chi connectivity index (χ0) is 13.7. The number of carbonyl (C=O) groups excluding carboxylic acids is 1. The van der Waals surface area contributed by atoms with Crippen LogP contribution in [0.5, 0.6) is 0 Å². The minimum atomic E-state index is -0.641. The van der Waals surface area contributed by atoms with Gasteiger partial charge in [-0.2, -0.15) is 0 Å². The Bertz CT molecular complexity index is 440. The van der Waals surface area contributed by atoms with E-state index in [1.165, 1.54) is 7.11 Å². The smallest absolute Gasteiger partial charge is 0.305 e. The molecular formula is C12H14BrF2NO2. The van der Waals surface area contributed by atoms with Gasteiger partial charge < -0.3 is 10.5 Å². The number of halogens is 3. The molecule has 1 aromatic carbocycles. The van der Waals surface area contributed by atoms with Crippen molar-refractivity contribution in [3.05, 3.63) is 33.8 Å². The van der Waals surface area contributed by atoms with Crippen molar-refractivity contribution in [3.63, 3.8) is 0 Å². The van der Waals surface area contributed by atoms with Gasteiger partial charge in [0.05, 0.1) is 11.6 Å². The van der Waals surface area contributed by atoms with Gasteiger partial charge in [0.15, 0.2) is 0 Å². The van der Waals surface area contributed by atoms with E-state index in [9.17, 15) is 13.6 Å². The third kappa shape index (κ3) is 4.03. The second-order valence-corrected chi connectivity index (χ2v) is 4.72. The number of rotatable bonds is 5. The summed E-state index contributed by atoms with van der Waals surface area (Å²) >= 11 is 2.89. The van der Waals surface area contributed by atoms with E-state index < -0.39 is 17.7 Å². The summed E-state index contributed by atoms with van der Waals surface area (Å²) in [5.41, 5.74) is 5.88. The van der Waals surface area contributed by atoms with Crippen LogP contribution in [0.2, 0.25) is 0 Å². The van der Waals surface area contributed by atoms with Gasteiger partial charge in [0, 0.05) is 18.0 Å². The highest BCUT2D eigenvalue weighted by Gasteiger charge is 2.15. The van der Waals surface area contributed by atoms with Crippen LogP contribution in [0.15, 0.2) is 16.6 Å². The molecule has 3 nitrogen and oxygen atoms in total. The number of methoxy groups -OCH3 is 1. The Morgan fingerprint density at radius 2 is 2.11 bits per heavy atom. The predicted molar refractivity (Wildman–Crippen MR) is 66.9 cm³/mol. The van der Waals surface area contributed by atoms with Gasteiger partial charge in [-0.05, 0) is 40.9 Å². The Morgan fingerprint density at radius 3 is 2.72 bits per heavy atom. The summed E-state index contributed by atoms with van der Waals surface area (Å²) in [6.45, 7) is 0. The molecule has 6 heteroatoms. The van der Waals surface area contributed by atoms with E-state index in [1.807, 2.05) is 0 Å². The van der Waals surface area contributed by atoms with Gasteiger partial charge in [-0.3, -0.25) is 4.79 Å². The molecule has 2 N–H and O–H groups in total. The third-order valence-corrected chi connectivity index (χ3v) is 3.17. The maximum atomic E-state index is 13.6. The summed E-state index contributed by atoms with van der Waals surface area (Å²) in [5, 5.41) is 0. The number of nitrogens with two attached hydrogens (primary N) is 1. The number of ether oxygens (including phenoxy) is 1. The van der Waals surface area contributed by atoms with Crippen LogP contribution >= 0.6 is 15.9 Å². The summed E-state index contributed by atoms with van der Waals surface area (Å²) < 4.78 is 31.4. The molecule has 0 saturated carbocycles. The van der Waals surface area contributed by atoms with Crippen molar-refractivity contribution in [1.29, 1.82) is 0 Å². The van der Waals surface area contributed by atoms with Crippen LogP contribution in [0.1, 0.15) is 30.9 Å². The van der Waals surface area contributed by atoms with Crippen LogP contribution in [0, 0.1) is 11.6 Å². The second kappa shape index (κ2) is 6.80. The van der Waals surface area contributed by atoms with Crippen molar-refractivity contribution in [2.45, 2.75) is 25.3 Å². The number of carbonyl (C=O) groups is 1. The number of hydrogen-bond acceptors (Lipinski definition) is 3. The highest BCUT2D eigenvalue weighted by molar-refractivity contribution is 9.10. The Kier molecular flexibility index (Phi) is 5.68. The summed E-state index contributed by atoms with van der Waals surface area (Å²) in [6, 6.07) is 1.48. The summed E-state index contributed by atoms with van der Waals surface area (Å²) in [5.74, 6) is -1.46. The average Bonchev–Trinajstić information content (AvgIpc) is 2.33. The van der Waals surface area contributed by atoms with Crippen LogP contribution in [0.25, 0.3) is 0 Å². The molecule has 0 bridgehead atoms. The molecule has 1 atom stereocenters. The molecule has 0 heterocycles. The van der Waals surface area contributed by atoms with Crippen molar-refractivity contribution in [2.24, 2.45) is 5.73 Å². The van der Waals surface area contributed by atoms with E-state index in [-0.39, 0.29) is 22.4 Å². The second-order valence-electron chi connectivity index (χ2n) is 3.86. The van der Waals surface area contributed by atoms with Gasteiger partial charge in [0.2, 0.25) is 0 Å². The number of benzene rings is 1. The first-order chi connectivity index (χ1) is 8.45. The fourth-order valence-corrected chi connectivity index (χ4v) is 1.86. The average molecular weight is 322 g/mol. The van der Waals surface area contributed by atoms with Gasteiger partial charge in [-0.15, -0.1) is 0 Å². The van der Waals surface area contributed by atoms with E-state index in [4.69, 9.17) is 5.73 Å². The Hall–Kier alpha value is -1.01. The minimum Gasteiger partial charge on any atom is -0.469 e. The largest absolute Gasteiger partial charge is 0.469 e. The van der Waals surface area contributed by atoms with Gasteiger partial charge in [0.25, 0.3) is 0 Å². The van der Waals surface area contributed by atoms with E-state index in [2.05, 4.69) is 20.7 Å². The molecule has 0 radical (unpaired) electrons. The van der Waals surface area contributed by atoms with Crippen molar-refractivity contribution in [2.75, 3.05) is 7.11 Å². The first kappa shape index (κ1) is 15.0. The molecule has 18 heavy (non-hydrogen) atoms. The first-order valence-corrected chi connectivity index (χ1v) is 6.21. The van der Waals surface area contributed by atoms with Crippen LogP contribution in [-0.4, -0.2) is 13.1 Å². The fraction of sp³-hybridized carbons (Fsp3) is 0.417. The van der Waals surface area contributed by atoms with E-state index in [1.54, 1.807) is 0 Å². The van der Waals surface area contributed by atoms with Crippen LogP contribution < -0.4 is 5.73 Å². The molecule has 0 aliphatic rings. The third-order valence-electron chi connectivity index (χ3n) is 2.56. The minimum absolute atomic E-state index is 0.0607. The molecule has 1 rings (SSSR count). The topological polar surface area (TPSA) is 52.3 Å². The standard InChI is InChI=1S/C12H14BrF2NO2/c1-18-12(17)4-2-3-11(16)7-5-10(15)8(13)6-9(7)14/h5-6,11H,2-4,16H2,1H3. The van der Waals surface area contributed by atoms with Crippen molar-refractivity contribution < 1.29 is 18.3 Å². The normalized spacial score (nSPS) is 12.3. The number of esters is 1. The van der Waals surface area contributed by atoms with E-state index in [0.29, 0.717) is 12.8 Å². The Morgan fingerprint density at radius 1 is 1.44 bits per heavy atom. The highest BCUT2D eigenvalue weighted by atomic mass is 79.9. The lowest BCUT2D eigenvalue weighted by Crippen LogP contribution is -2.13. The van der Waals surface area contributed by atoms with Crippen molar-refractivity contribution in [1.82, 2.24) is 0 Å². The fourth-order valence-electron chi connectivity index (χ4n) is 1.55. The molecule has 0 aliphatic heterocycles. The van der Waals surface area contributed by atoms with Crippen LogP contribution in [-0.2, 0) is 9.53 Å². The van der Waals surface area contributed by atoms with Gasteiger partial charge in [-0.1, -0.05) is 0 Å². The molecule has 100 valence electrons. The zero-order valence-corrected chi connectivity index (χ0v) is 11.5. The molecule has 0 fully saturated rings. The summed E-state index contributed by atoms with van der Waals surface area (Å²) in [7, 11) is 1.30. The number of hydrogen-bond donors (Lipinski definition) is 1. The SMILES string of the molecule is COC(=O)CCCC(N)c1cc(F)c(Br)cc1F. The quantitative estimate of drug-likeness (QED) is 0.669. The molecular weight excluding hydrogens is 308 g/mol. The molecule has 0 amide bonds. The lowest BCUT2D eigenvalue weighted by atomic mass is 10.0. The molecule has 1 unspecified atom stereocenters. The highest BCUT2D eigenvalue weighted by Crippen LogP contribution is 2.25. The van der Waals surface area contributed by atoms with Crippen molar-refractivity contribution in [3.8, 4) is 0 Å². The van der Waals surface area contributed by atoms with E-state index >= 15 is 0 Å². The monoisotopic (exact) mass is 321 g/mol. The van der Waals surface area contributed by atoms with Crippen molar-refractivity contribution >= 4 is 21.9 Å². The summed E-state index contributed by atoms with van der Waals surface area (Å²) in [4.78, 5) is 10.9. The lowest BCUT2D eigenvalue weighted by molar-refractivity contribution is -0.140. The Balaban J connectivity index is 2.64. The molecule has 0 aliphatic carbocycles. The van der Waals surface area contributed by atoms with Gasteiger partial charge in [0.1, 0.15) is 11.6 Å². The molecule has 1 aromatic rings. The lowest BCUT2D eigenvalue weighted by Gasteiger charge is -2.13. The first-order valence-electron chi connectivity index (χ1n) is 5.42. The maximum absolute atomic E-state index is 13.6. The molecule has 0 saturated heterocycles. The van der Waals surface area contributed by atoms with Gasteiger partial charge in [-0.25, -0.2) is 8.78 Å². The summed E-state index contributed by atoms with van der Waals surface area (Å²) in [6.07, 6.45) is 1.06. The Labute approximate surface area is 112 Å². The molecule has 0 spiro atoms. The van der Waals surface area contributed by atoms with Crippen LogP contribution in [0.3, 0.4) is 0 Å². The van der Waals surface area contributed by atoms with Crippen LogP contribution in [0.4, 0.5) is 8.78 Å². The molecule has 0 aromatic heterocycles. The van der Waals surface area contributed by atoms with Gasteiger partial charge >= 0.3 is 5.97 Å².